The van der Waals surface area contributed by atoms with Crippen LogP contribution in [0.15, 0.2) is 127 Å². The molecule has 0 bridgehead atoms. The van der Waals surface area contributed by atoms with Crippen molar-refractivity contribution in [3.63, 3.8) is 0 Å². The fourth-order valence-corrected chi connectivity index (χ4v) is 8.92. The molecule has 0 N–H and O–H groups in total. The van der Waals surface area contributed by atoms with Gasteiger partial charge in [0.15, 0.2) is 0 Å². The molecule has 1 aromatic heterocycles. The zero-order chi connectivity index (χ0) is 41.1. The second kappa shape index (κ2) is 13.0. The summed E-state index contributed by atoms with van der Waals surface area (Å²) in [5.74, 6) is 0. The van der Waals surface area contributed by atoms with Gasteiger partial charge in [-0.05, 0) is 128 Å². The van der Waals surface area contributed by atoms with Gasteiger partial charge in [-0.2, -0.15) is 0 Å². The van der Waals surface area contributed by atoms with E-state index in [1.54, 1.807) is 0 Å². The van der Waals surface area contributed by atoms with Crippen molar-refractivity contribution in [1.29, 1.82) is 0 Å². The van der Waals surface area contributed by atoms with E-state index < -0.39 is 0 Å². The molecular formula is C53H57BN4. The second-order valence-electron chi connectivity index (χ2n) is 20.7. The molecule has 0 saturated carbocycles. The lowest BCUT2D eigenvalue weighted by molar-refractivity contribution is 0.589. The van der Waals surface area contributed by atoms with Crippen LogP contribution in [0.2, 0.25) is 0 Å². The first kappa shape index (κ1) is 38.0. The number of rotatable bonds is 4. The molecule has 0 radical (unpaired) electrons. The molecule has 0 aliphatic carbocycles. The average Bonchev–Trinajstić information content (AvgIpc) is 3.69. The van der Waals surface area contributed by atoms with E-state index in [1.807, 2.05) is 0 Å². The van der Waals surface area contributed by atoms with Crippen LogP contribution in [0.4, 0.5) is 34.1 Å². The highest BCUT2D eigenvalue weighted by Crippen LogP contribution is 2.45. The summed E-state index contributed by atoms with van der Waals surface area (Å²) in [6, 6.07) is 48.1. The van der Waals surface area contributed by atoms with Crippen LogP contribution in [0.1, 0.15) is 105 Å². The SMILES string of the molecule is CC(C)(C)c1ccc(N(c2ccccc2)c2ccc3c(c2)N(c2ccc(C(C)(C)C)cc2)c2cc(C(C)(C)C)cc4c2B3c2nc3cc(C(C)(C)C)ccc3n2-4)cc1. The van der Waals surface area contributed by atoms with E-state index in [2.05, 4.69) is 225 Å². The summed E-state index contributed by atoms with van der Waals surface area (Å²) in [5.41, 5.74) is 19.4. The van der Waals surface area contributed by atoms with Gasteiger partial charge in [0.2, 0.25) is 0 Å². The average molecular weight is 761 g/mol. The number of fused-ring (bicyclic) bond motifs is 7. The largest absolute Gasteiger partial charge is 0.311 e. The van der Waals surface area contributed by atoms with Crippen LogP contribution < -0.4 is 26.4 Å². The third kappa shape index (κ3) is 6.26. The number of nitrogens with zero attached hydrogens (tertiary/aromatic N) is 4. The molecule has 6 aromatic carbocycles. The van der Waals surface area contributed by atoms with Crippen molar-refractivity contribution in [1.82, 2.24) is 9.55 Å². The highest BCUT2D eigenvalue weighted by molar-refractivity contribution is 6.99. The Bertz CT molecular complexity index is 2700. The van der Waals surface area contributed by atoms with Gasteiger partial charge in [-0.25, -0.2) is 4.98 Å². The van der Waals surface area contributed by atoms with Crippen molar-refractivity contribution < 1.29 is 0 Å². The van der Waals surface area contributed by atoms with Crippen LogP contribution >= 0.6 is 0 Å². The van der Waals surface area contributed by atoms with Crippen molar-refractivity contribution >= 4 is 68.5 Å². The van der Waals surface area contributed by atoms with Gasteiger partial charge in [0, 0.05) is 39.8 Å². The van der Waals surface area contributed by atoms with Gasteiger partial charge < -0.3 is 14.4 Å². The van der Waals surface area contributed by atoms with Crippen LogP contribution in [0.25, 0.3) is 16.7 Å². The van der Waals surface area contributed by atoms with Crippen LogP contribution in [-0.2, 0) is 21.7 Å². The van der Waals surface area contributed by atoms with Crippen LogP contribution in [0.3, 0.4) is 0 Å². The fraction of sp³-hybridized carbons (Fsp3) is 0.302. The third-order valence-electron chi connectivity index (χ3n) is 12.4. The molecule has 3 heterocycles. The Kier molecular flexibility index (Phi) is 8.50. The summed E-state index contributed by atoms with van der Waals surface area (Å²) >= 11 is 0. The summed E-state index contributed by atoms with van der Waals surface area (Å²) in [6.07, 6.45) is 0. The highest BCUT2D eigenvalue weighted by atomic mass is 15.2. The molecule has 2 aliphatic rings. The van der Waals surface area contributed by atoms with Gasteiger partial charge in [0.05, 0.1) is 16.8 Å². The van der Waals surface area contributed by atoms with Gasteiger partial charge >= 0.3 is 0 Å². The standard InChI is InChI=1S/C53H57BN4/c1-50(2,3)34-18-23-39(24-19-34)56(38-16-14-13-15-17-38)41-27-28-42-45(33-41)57(40-25-20-35(21-26-40)51(4,5)6)46-31-37(53(10,11)12)32-47-48(46)54(42)49-55-43-30-36(52(7,8)9)22-29-44(43)58(47)49/h13-33H,1-12H3. The third-order valence-corrected chi connectivity index (χ3v) is 12.4. The molecule has 0 spiro atoms. The predicted molar refractivity (Wildman–Crippen MR) is 250 cm³/mol. The summed E-state index contributed by atoms with van der Waals surface area (Å²) in [7, 11) is 0. The van der Waals surface area contributed by atoms with E-state index in [0.29, 0.717) is 0 Å². The van der Waals surface area contributed by atoms with E-state index in [9.17, 15) is 0 Å². The summed E-state index contributed by atoms with van der Waals surface area (Å²) in [5, 5.41) is 0. The van der Waals surface area contributed by atoms with Crippen molar-refractivity contribution in [2.24, 2.45) is 0 Å². The van der Waals surface area contributed by atoms with Crippen LogP contribution in [-0.4, -0.2) is 16.3 Å². The molecule has 9 rings (SSSR count). The first-order valence-corrected chi connectivity index (χ1v) is 21.0. The fourth-order valence-electron chi connectivity index (χ4n) is 8.92. The van der Waals surface area contributed by atoms with Gasteiger partial charge in [-0.3, -0.25) is 0 Å². The minimum absolute atomic E-state index is 0.0186. The molecule has 4 nitrogen and oxygen atoms in total. The Hall–Kier alpha value is -5.55. The van der Waals surface area contributed by atoms with Gasteiger partial charge in [-0.1, -0.05) is 138 Å². The zero-order valence-electron chi connectivity index (χ0n) is 36.5. The lowest BCUT2D eigenvalue weighted by Crippen LogP contribution is -2.55. The van der Waals surface area contributed by atoms with Gasteiger partial charge in [-0.15, -0.1) is 0 Å². The molecule has 0 saturated heterocycles. The lowest BCUT2D eigenvalue weighted by Gasteiger charge is -2.38. The minimum atomic E-state index is -0.0766. The van der Waals surface area contributed by atoms with Crippen LogP contribution in [0, 0.1) is 0 Å². The first-order valence-electron chi connectivity index (χ1n) is 21.0. The van der Waals surface area contributed by atoms with Gasteiger partial charge in [0.25, 0.3) is 6.71 Å². The van der Waals surface area contributed by atoms with E-state index in [-0.39, 0.29) is 28.4 Å². The minimum Gasteiger partial charge on any atom is -0.311 e. The maximum absolute atomic E-state index is 5.55. The van der Waals surface area contributed by atoms with E-state index in [1.165, 1.54) is 55.8 Å². The van der Waals surface area contributed by atoms with Gasteiger partial charge in [0.1, 0.15) is 0 Å². The summed E-state index contributed by atoms with van der Waals surface area (Å²) < 4.78 is 2.47. The Morgan fingerprint density at radius 3 is 1.60 bits per heavy atom. The van der Waals surface area contributed by atoms with Crippen molar-refractivity contribution in [2.45, 2.75) is 105 Å². The van der Waals surface area contributed by atoms with E-state index in [0.717, 1.165) is 34.0 Å². The lowest BCUT2D eigenvalue weighted by atomic mass is 9.39. The summed E-state index contributed by atoms with van der Waals surface area (Å²) in [6.45, 7) is 27.5. The van der Waals surface area contributed by atoms with E-state index >= 15 is 0 Å². The van der Waals surface area contributed by atoms with E-state index in [4.69, 9.17) is 4.98 Å². The number of anilines is 6. The number of imidazole rings is 1. The molecule has 0 atom stereocenters. The maximum atomic E-state index is 5.55. The molecule has 292 valence electrons. The predicted octanol–water partition coefficient (Wildman–Crippen LogP) is 12.3. The van der Waals surface area contributed by atoms with Crippen molar-refractivity contribution in [2.75, 3.05) is 9.80 Å². The Labute approximate surface area is 346 Å². The Morgan fingerprint density at radius 1 is 0.466 bits per heavy atom. The number of hydrogen-bond donors (Lipinski definition) is 0. The zero-order valence-corrected chi connectivity index (χ0v) is 36.5. The molecule has 2 aliphatic heterocycles. The number of para-hydroxylation sites is 1. The second-order valence-corrected chi connectivity index (χ2v) is 20.7. The molecule has 0 fully saturated rings. The summed E-state index contributed by atoms with van der Waals surface area (Å²) in [4.78, 5) is 10.5. The normalized spacial score (nSPS) is 13.8. The number of benzene rings is 6. The molecule has 7 aromatic rings. The Morgan fingerprint density at radius 2 is 1.00 bits per heavy atom. The smallest absolute Gasteiger partial charge is 0.294 e. The topological polar surface area (TPSA) is 24.3 Å². The first-order chi connectivity index (χ1) is 27.3. The molecule has 5 heteroatoms. The molecule has 58 heavy (non-hydrogen) atoms. The molecule has 0 amide bonds. The van der Waals surface area contributed by atoms with Crippen molar-refractivity contribution in [3.8, 4) is 5.69 Å². The molecular weight excluding hydrogens is 703 g/mol. The highest BCUT2D eigenvalue weighted by Gasteiger charge is 2.46. The Balaban J connectivity index is 1.33. The quantitative estimate of drug-likeness (QED) is 0.167. The number of hydrogen-bond acceptors (Lipinski definition) is 3. The van der Waals surface area contributed by atoms with Crippen molar-refractivity contribution in [3.05, 3.63) is 150 Å². The van der Waals surface area contributed by atoms with Crippen LogP contribution in [0.5, 0.6) is 0 Å². The maximum Gasteiger partial charge on any atom is 0.294 e. The monoisotopic (exact) mass is 760 g/mol. The molecule has 0 unspecified atom stereocenters. The number of aromatic nitrogens is 2.